The number of carbonyl (C=O) groups excluding carboxylic acids is 1. The molecule has 0 aliphatic carbocycles. The Morgan fingerprint density at radius 2 is 2.22 bits per heavy atom. The monoisotopic (exact) mass is 314 g/mol. The van der Waals surface area contributed by atoms with Crippen LogP contribution in [0.2, 0.25) is 0 Å². The van der Waals surface area contributed by atoms with Gasteiger partial charge >= 0.3 is 0 Å². The third kappa shape index (κ3) is 4.16. The van der Waals surface area contributed by atoms with E-state index >= 15 is 0 Å². The van der Waals surface area contributed by atoms with E-state index in [9.17, 15) is 4.79 Å². The second-order valence-electron chi connectivity index (χ2n) is 6.19. The number of carbonyl (C=O) groups is 1. The molecule has 1 saturated heterocycles. The standard InChI is InChI=1S/C17H22N4O2/c1-17(9-5-11-23-17)13-18-16(22)15-12-21(20-19-15)10-8-14-6-3-2-4-7-14/h2-4,6-7,12H,5,8-11,13H2,1H3,(H,18,22). The van der Waals surface area contributed by atoms with Crippen molar-refractivity contribution in [2.75, 3.05) is 13.2 Å². The van der Waals surface area contributed by atoms with Crippen LogP contribution >= 0.6 is 0 Å². The van der Waals surface area contributed by atoms with E-state index in [1.807, 2.05) is 25.1 Å². The molecule has 1 unspecified atom stereocenters. The molecule has 1 fully saturated rings. The van der Waals surface area contributed by atoms with Crippen molar-refractivity contribution in [3.8, 4) is 0 Å². The van der Waals surface area contributed by atoms with Crippen LogP contribution in [0.15, 0.2) is 36.5 Å². The van der Waals surface area contributed by atoms with Gasteiger partial charge in [-0.15, -0.1) is 5.10 Å². The van der Waals surface area contributed by atoms with Crippen LogP contribution in [0.5, 0.6) is 0 Å². The molecule has 1 aliphatic heterocycles. The van der Waals surface area contributed by atoms with E-state index in [-0.39, 0.29) is 11.5 Å². The van der Waals surface area contributed by atoms with Crippen LogP contribution in [0.4, 0.5) is 0 Å². The van der Waals surface area contributed by atoms with Crippen LogP contribution in [0.1, 0.15) is 35.8 Å². The summed E-state index contributed by atoms with van der Waals surface area (Å²) >= 11 is 0. The Kier molecular flexibility index (Phi) is 4.71. The average Bonchev–Trinajstić information content (AvgIpc) is 3.21. The predicted molar refractivity (Wildman–Crippen MR) is 86.1 cm³/mol. The Bertz CT molecular complexity index is 648. The van der Waals surface area contributed by atoms with E-state index in [1.54, 1.807) is 10.9 Å². The van der Waals surface area contributed by atoms with Crippen molar-refractivity contribution >= 4 is 5.91 Å². The Labute approximate surface area is 135 Å². The minimum Gasteiger partial charge on any atom is -0.373 e. The third-order valence-corrected chi connectivity index (χ3v) is 4.17. The van der Waals surface area contributed by atoms with Gasteiger partial charge in [-0.2, -0.15) is 0 Å². The molecule has 2 aromatic rings. The van der Waals surface area contributed by atoms with Gasteiger partial charge in [-0.3, -0.25) is 9.48 Å². The van der Waals surface area contributed by atoms with E-state index in [0.717, 1.165) is 25.9 Å². The van der Waals surface area contributed by atoms with Crippen LogP contribution in [-0.4, -0.2) is 39.7 Å². The molecule has 0 saturated carbocycles. The van der Waals surface area contributed by atoms with Crippen molar-refractivity contribution < 1.29 is 9.53 Å². The molecule has 3 rings (SSSR count). The van der Waals surface area contributed by atoms with Crippen LogP contribution in [0, 0.1) is 0 Å². The van der Waals surface area contributed by atoms with Gasteiger partial charge in [-0.25, -0.2) is 0 Å². The van der Waals surface area contributed by atoms with Crippen molar-refractivity contribution in [1.82, 2.24) is 20.3 Å². The van der Waals surface area contributed by atoms with Crippen molar-refractivity contribution in [2.24, 2.45) is 0 Å². The highest BCUT2D eigenvalue weighted by atomic mass is 16.5. The number of hydrogen-bond donors (Lipinski definition) is 1. The SMILES string of the molecule is CC1(CNC(=O)c2cn(CCc3ccccc3)nn2)CCCO1. The first-order valence-corrected chi connectivity index (χ1v) is 8.01. The number of nitrogens with zero attached hydrogens (tertiary/aromatic N) is 3. The van der Waals surface area contributed by atoms with Gasteiger partial charge in [0.05, 0.1) is 11.8 Å². The van der Waals surface area contributed by atoms with Crippen molar-refractivity contribution in [1.29, 1.82) is 0 Å². The molecule has 1 aliphatic rings. The van der Waals surface area contributed by atoms with Gasteiger partial charge in [0.15, 0.2) is 5.69 Å². The van der Waals surface area contributed by atoms with E-state index in [1.165, 1.54) is 5.56 Å². The molecular formula is C17H22N4O2. The largest absolute Gasteiger partial charge is 0.373 e. The molecule has 6 heteroatoms. The minimum absolute atomic E-state index is 0.201. The zero-order valence-corrected chi connectivity index (χ0v) is 13.4. The number of aryl methyl sites for hydroxylation is 2. The second kappa shape index (κ2) is 6.91. The molecule has 2 heterocycles. The molecule has 6 nitrogen and oxygen atoms in total. The lowest BCUT2D eigenvalue weighted by Crippen LogP contribution is -2.40. The number of nitrogens with one attached hydrogen (secondary N) is 1. The average molecular weight is 314 g/mol. The van der Waals surface area contributed by atoms with E-state index < -0.39 is 0 Å². The highest BCUT2D eigenvalue weighted by molar-refractivity contribution is 5.91. The van der Waals surface area contributed by atoms with Crippen molar-refractivity contribution in [3.63, 3.8) is 0 Å². The zero-order chi connectivity index (χ0) is 16.1. The van der Waals surface area contributed by atoms with Crippen LogP contribution in [0.3, 0.4) is 0 Å². The summed E-state index contributed by atoms with van der Waals surface area (Å²) in [6.07, 6.45) is 4.56. The molecule has 1 aromatic carbocycles. The summed E-state index contributed by atoms with van der Waals surface area (Å²) < 4.78 is 7.37. The lowest BCUT2D eigenvalue weighted by molar-refractivity contribution is 0.0205. The van der Waals surface area contributed by atoms with Gasteiger partial charge in [-0.1, -0.05) is 35.5 Å². The maximum atomic E-state index is 12.1. The molecule has 0 bridgehead atoms. The van der Waals surface area contributed by atoms with Gasteiger partial charge in [0.1, 0.15) is 0 Å². The first-order chi connectivity index (χ1) is 11.1. The van der Waals surface area contributed by atoms with E-state index in [4.69, 9.17) is 4.74 Å². The van der Waals surface area contributed by atoms with Crippen LogP contribution in [0.25, 0.3) is 0 Å². The highest BCUT2D eigenvalue weighted by Crippen LogP contribution is 2.23. The Morgan fingerprint density at radius 1 is 1.39 bits per heavy atom. The Morgan fingerprint density at radius 3 is 2.96 bits per heavy atom. The van der Waals surface area contributed by atoms with Gasteiger partial charge in [0.2, 0.25) is 0 Å². The summed E-state index contributed by atoms with van der Waals surface area (Å²) in [4.78, 5) is 12.1. The minimum atomic E-state index is -0.251. The first-order valence-electron chi connectivity index (χ1n) is 8.01. The summed E-state index contributed by atoms with van der Waals surface area (Å²) in [6, 6.07) is 10.2. The van der Waals surface area contributed by atoms with Gasteiger partial charge in [-0.05, 0) is 31.7 Å². The van der Waals surface area contributed by atoms with Crippen LogP contribution in [-0.2, 0) is 17.7 Å². The summed E-state index contributed by atoms with van der Waals surface area (Å²) in [7, 11) is 0. The fourth-order valence-electron chi connectivity index (χ4n) is 2.73. The molecule has 0 radical (unpaired) electrons. The number of rotatable bonds is 6. The maximum Gasteiger partial charge on any atom is 0.273 e. The summed E-state index contributed by atoms with van der Waals surface area (Å²) in [5, 5.41) is 10.9. The smallest absolute Gasteiger partial charge is 0.273 e. The summed E-state index contributed by atoms with van der Waals surface area (Å²) in [5.74, 6) is -0.201. The quantitative estimate of drug-likeness (QED) is 0.883. The Hall–Kier alpha value is -2.21. The molecule has 1 aromatic heterocycles. The molecule has 23 heavy (non-hydrogen) atoms. The molecule has 122 valence electrons. The topological polar surface area (TPSA) is 69.0 Å². The molecule has 1 N–H and O–H groups in total. The third-order valence-electron chi connectivity index (χ3n) is 4.17. The maximum absolute atomic E-state index is 12.1. The first kappa shape index (κ1) is 15.7. The fraction of sp³-hybridized carbons (Fsp3) is 0.471. The van der Waals surface area contributed by atoms with Crippen LogP contribution < -0.4 is 5.32 Å². The van der Waals surface area contributed by atoms with Gasteiger partial charge in [0.25, 0.3) is 5.91 Å². The Balaban J connectivity index is 1.51. The molecule has 1 amide bonds. The normalized spacial score (nSPS) is 20.6. The van der Waals surface area contributed by atoms with Crippen molar-refractivity contribution in [3.05, 3.63) is 47.8 Å². The second-order valence-corrected chi connectivity index (χ2v) is 6.19. The zero-order valence-electron chi connectivity index (χ0n) is 13.4. The highest BCUT2D eigenvalue weighted by Gasteiger charge is 2.30. The lowest BCUT2D eigenvalue weighted by atomic mass is 10.0. The predicted octanol–water partition coefficient (Wildman–Crippen LogP) is 1.82. The summed E-state index contributed by atoms with van der Waals surface area (Å²) in [5.41, 5.74) is 1.33. The number of benzene rings is 1. The molecular weight excluding hydrogens is 292 g/mol. The fourth-order valence-corrected chi connectivity index (χ4v) is 2.73. The van der Waals surface area contributed by atoms with E-state index in [2.05, 4.69) is 27.8 Å². The number of amides is 1. The number of ether oxygens (including phenoxy) is 1. The van der Waals surface area contributed by atoms with Crippen molar-refractivity contribution in [2.45, 2.75) is 38.3 Å². The lowest BCUT2D eigenvalue weighted by Gasteiger charge is -2.22. The number of hydrogen-bond acceptors (Lipinski definition) is 4. The number of aromatic nitrogens is 3. The van der Waals surface area contributed by atoms with Gasteiger partial charge in [0, 0.05) is 19.7 Å². The summed E-state index contributed by atoms with van der Waals surface area (Å²) in [6.45, 7) is 3.99. The molecule has 1 atom stereocenters. The van der Waals surface area contributed by atoms with Gasteiger partial charge < -0.3 is 10.1 Å². The molecule has 0 spiro atoms. The van der Waals surface area contributed by atoms with E-state index in [0.29, 0.717) is 18.8 Å².